The summed E-state index contributed by atoms with van der Waals surface area (Å²) in [6.45, 7) is 0.113. The Morgan fingerprint density at radius 3 is 2.73 bits per heavy atom. The fourth-order valence-corrected chi connectivity index (χ4v) is 1.01. The minimum absolute atomic E-state index is 0.0107. The summed E-state index contributed by atoms with van der Waals surface area (Å²) in [5.74, 6) is -1.28. The molecule has 0 spiro atoms. The van der Waals surface area contributed by atoms with Gasteiger partial charge in [0.2, 0.25) is 0 Å². The first-order valence-electron chi connectivity index (χ1n) is 4.53. The molecule has 0 radical (unpaired) electrons. The van der Waals surface area contributed by atoms with Gasteiger partial charge >= 0.3 is 0 Å². The van der Waals surface area contributed by atoms with Crippen LogP contribution in [0.25, 0.3) is 0 Å². The molecule has 0 aliphatic carbocycles. The second-order valence-corrected chi connectivity index (χ2v) is 3.14. The summed E-state index contributed by atoms with van der Waals surface area (Å²) in [6, 6.07) is 3.25. The number of rotatable bonds is 5. The van der Waals surface area contributed by atoms with E-state index in [4.69, 9.17) is 15.6 Å². The third-order valence-electron chi connectivity index (χ3n) is 1.85. The second-order valence-electron chi connectivity index (χ2n) is 3.14. The molecule has 1 unspecified atom stereocenters. The zero-order chi connectivity index (χ0) is 11.3. The van der Waals surface area contributed by atoms with Crippen molar-refractivity contribution in [2.45, 2.75) is 12.7 Å². The maximum absolute atomic E-state index is 13.0. The van der Waals surface area contributed by atoms with Crippen LogP contribution in [0.1, 0.15) is 5.56 Å². The van der Waals surface area contributed by atoms with Crippen LogP contribution in [0.2, 0.25) is 0 Å². The van der Waals surface area contributed by atoms with Gasteiger partial charge in [0, 0.05) is 18.2 Å². The van der Waals surface area contributed by atoms with Crippen LogP contribution in [0, 0.1) is 11.6 Å². The monoisotopic (exact) mass is 217 g/mol. The number of hydrogen-bond donors (Lipinski definition) is 2. The maximum atomic E-state index is 13.0. The van der Waals surface area contributed by atoms with Gasteiger partial charge in [0.05, 0.1) is 19.3 Å². The summed E-state index contributed by atoms with van der Waals surface area (Å²) < 4.78 is 30.6. The van der Waals surface area contributed by atoms with Gasteiger partial charge in [0.1, 0.15) is 11.6 Å². The first-order chi connectivity index (χ1) is 7.13. The van der Waals surface area contributed by atoms with Crippen molar-refractivity contribution in [3.05, 3.63) is 35.4 Å². The van der Waals surface area contributed by atoms with Gasteiger partial charge in [-0.1, -0.05) is 6.07 Å². The molecule has 1 atom stereocenters. The van der Waals surface area contributed by atoms with E-state index in [1.165, 1.54) is 6.07 Å². The number of hydrogen-bond acceptors (Lipinski definition) is 3. The lowest BCUT2D eigenvalue weighted by molar-refractivity contribution is 0.0318. The van der Waals surface area contributed by atoms with Gasteiger partial charge in [0.25, 0.3) is 0 Å². The second kappa shape index (κ2) is 5.75. The molecule has 5 heteroatoms. The molecule has 1 aromatic carbocycles. The van der Waals surface area contributed by atoms with Crippen molar-refractivity contribution in [2.24, 2.45) is 5.73 Å². The minimum Gasteiger partial charge on any atom is -0.389 e. The van der Waals surface area contributed by atoms with Crippen LogP contribution in [0.15, 0.2) is 18.2 Å². The molecule has 0 saturated heterocycles. The Kier molecular flexibility index (Phi) is 4.61. The van der Waals surface area contributed by atoms with Gasteiger partial charge < -0.3 is 15.6 Å². The molecule has 15 heavy (non-hydrogen) atoms. The van der Waals surface area contributed by atoms with E-state index >= 15 is 0 Å². The summed E-state index contributed by atoms with van der Waals surface area (Å²) in [4.78, 5) is 0. The van der Waals surface area contributed by atoms with Crippen LogP contribution < -0.4 is 5.73 Å². The van der Waals surface area contributed by atoms with Gasteiger partial charge in [0.15, 0.2) is 0 Å². The van der Waals surface area contributed by atoms with Crippen LogP contribution >= 0.6 is 0 Å². The van der Waals surface area contributed by atoms with Crippen molar-refractivity contribution in [3.63, 3.8) is 0 Å². The Bertz CT molecular complexity index is 320. The van der Waals surface area contributed by atoms with Gasteiger partial charge in [-0.15, -0.1) is 0 Å². The zero-order valence-electron chi connectivity index (χ0n) is 8.12. The highest BCUT2D eigenvalue weighted by Crippen LogP contribution is 2.10. The van der Waals surface area contributed by atoms with E-state index in [1.807, 2.05) is 0 Å². The van der Waals surface area contributed by atoms with E-state index in [0.717, 1.165) is 12.1 Å². The number of ether oxygens (including phenoxy) is 1. The maximum Gasteiger partial charge on any atom is 0.131 e. The molecule has 0 aliphatic rings. The number of halogens is 2. The normalized spacial score (nSPS) is 12.8. The highest BCUT2D eigenvalue weighted by Gasteiger charge is 2.05. The smallest absolute Gasteiger partial charge is 0.131 e. The SMILES string of the molecule is NCC(O)COCc1ccc(F)cc1F. The van der Waals surface area contributed by atoms with Gasteiger partial charge in [-0.25, -0.2) is 8.78 Å². The molecule has 0 amide bonds. The molecule has 0 bridgehead atoms. The van der Waals surface area contributed by atoms with Crippen molar-refractivity contribution in [1.29, 1.82) is 0 Å². The summed E-state index contributed by atoms with van der Waals surface area (Å²) in [5, 5.41) is 9.05. The predicted molar refractivity (Wildman–Crippen MR) is 51.1 cm³/mol. The van der Waals surface area contributed by atoms with Crippen molar-refractivity contribution < 1.29 is 18.6 Å². The Balaban J connectivity index is 2.44. The lowest BCUT2D eigenvalue weighted by Gasteiger charge is -2.09. The summed E-state index contributed by atoms with van der Waals surface area (Å²) in [7, 11) is 0. The van der Waals surface area contributed by atoms with E-state index in [1.54, 1.807) is 0 Å². The van der Waals surface area contributed by atoms with Crippen molar-refractivity contribution >= 4 is 0 Å². The van der Waals surface area contributed by atoms with E-state index < -0.39 is 17.7 Å². The van der Waals surface area contributed by atoms with Crippen LogP contribution in [0.3, 0.4) is 0 Å². The molecule has 0 fully saturated rings. The molecule has 0 aliphatic heterocycles. The fourth-order valence-electron chi connectivity index (χ4n) is 1.01. The summed E-state index contributed by atoms with van der Waals surface area (Å²) >= 11 is 0. The molecule has 0 aromatic heterocycles. The molecule has 3 nitrogen and oxygen atoms in total. The topological polar surface area (TPSA) is 55.5 Å². The lowest BCUT2D eigenvalue weighted by atomic mass is 10.2. The highest BCUT2D eigenvalue weighted by atomic mass is 19.1. The molecular formula is C10H13F2NO2. The third-order valence-corrected chi connectivity index (χ3v) is 1.85. The van der Waals surface area contributed by atoms with E-state index in [0.29, 0.717) is 0 Å². The van der Waals surface area contributed by atoms with Crippen LogP contribution in [0.5, 0.6) is 0 Å². The Labute approximate surface area is 86.5 Å². The third kappa shape index (κ3) is 3.91. The molecule has 0 heterocycles. The number of aliphatic hydroxyl groups excluding tert-OH is 1. The molecular weight excluding hydrogens is 204 g/mol. The summed E-state index contributed by atoms with van der Waals surface area (Å²) in [5.41, 5.74) is 5.40. The first-order valence-corrected chi connectivity index (χ1v) is 4.53. The van der Waals surface area contributed by atoms with Crippen molar-refractivity contribution in [3.8, 4) is 0 Å². The molecule has 0 saturated carbocycles. The van der Waals surface area contributed by atoms with Gasteiger partial charge in [-0.2, -0.15) is 0 Å². The molecule has 84 valence electrons. The van der Waals surface area contributed by atoms with Crippen molar-refractivity contribution in [1.82, 2.24) is 0 Å². The number of benzene rings is 1. The zero-order valence-corrected chi connectivity index (χ0v) is 8.12. The van der Waals surface area contributed by atoms with Crippen LogP contribution in [-0.4, -0.2) is 24.4 Å². The number of nitrogens with two attached hydrogens (primary N) is 1. The minimum atomic E-state index is -0.756. The van der Waals surface area contributed by atoms with E-state index in [2.05, 4.69) is 0 Å². The Morgan fingerprint density at radius 2 is 2.13 bits per heavy atom. The fraction of sp³-hybridized carbons (Fsp3) is 0.400. The van der Waals surface area contributed by atoms with Gasteiger partial charge in [-0.05, 0) is 6.07 Å². The lowest BCUT2D eigenvalue weighted by Crippen LogP contribution is -2.25. The average molecular weight is 217 g/mol. The Morgan fingerprint density at radius 1 is 1.40 bits per heavy atom. The predicted octanol–water partition coefficient (Wildman–Crippen LogP) is 0.801. The number of aliphatic hydroxyl groups is 1. The highest BCUT2D eigenvalue weighted by molar-refractivity contribution is 5.17. The van der Waals surface area contributed by atoms with Crippen molar-refractivity contribution in [2.75, 3.05) is 13.2 Å². The average Bonchev–Trinajstić information content (AvgIpc) is 2.21. The molecule has 3 N–H and O–H groups in total. The standard InChI is InChI=1S/C10H13F2NO2/c11-8-2-1-7(10(12)3-8)5-15-6-9(14)4-13/h1-3,9,14H,4-6,13H2. The van der Waals surface area contributed by atoms with Gasteiger partial charge in [-0.3, -0.25) is 0 Å². The Hall–Kier alpha value is -1.04. The molecule has 1 aromatic rings. The summed E-state index contributed by atoms with van der Waals surface area (Å²) in [6.07, 6.45) is -0.756. The first kappa shape index (κ1) is 12.0. The van der Waals surface area contributed by atoms with E-state index in [9.17, 15) is 8.78 Å². The van der Waals surface area contributed by atoms with Crippen LogP contribution in [0.4, 0.5) is 8.78 Å². The van der Waals surface area contributed by atoms with E-state index in [-0.39, 0.29) is 25.3 Å². The van der Waals surface area contributed by atoms with Crippen LogP contribution in [-0.2, 0) is 11.3 Å². The quantitative estimate of drug-likeness (QED) is 0.767. The largest absolute Gasteiger partial charge is 0.389 e. The molecule has 1 rings (SSSR count).